The van der Waals surface area contributed by atoms with E-state index in [9.17, 15) is 9.90 Å². The number of rotatable bonds is 6. The van der Waals surface area contributed by atoms with Crippen LogP contribution in [0.15, 0.2) is 60.7 Å². The maximum absolute atomic E-state index is 12.5. The van der Waals surface area contributed by atoms with Gasteiger partial charge in [0.1, 0.15) is 0 Å². The summed E-state index contributed by atoms with van der Waals surface area (Å²) in [6, 6.07) is 19.6. The molecule has 0 saturated carbocycles. The molecule has 2 amide bonds. The molecule has 1 aliphatic heterocycles. The Labute approximate surface area is 160 Å². The lowest BCUT2D eigenvalue weighted by atomic mass is 9.94. The van der Waals surface area contributed by atoms with Crippen LogP contribution in [-0.2, 0) is 17.6 Å². The summed E-state index contributed by atoms with van der Waals surface area (Å²) in [5, 5.41) is 16.3. The predicted molar refractivity (Wildman–Crippen MR) is 105 cm³/mol. The van der Waals surface area contributed by atoms with Crippen molar-refractivity contribution in [3.8, 4) is 0 Å². The van der Waals surface area contributed by atoms with Crippen molar-refractivity contribution >= 4 is 6.03 Å². The van der Waals surface area contributed by atoms with Crippen LogP contribution < -0.4 is 10.6 Å². The van der Waals surface area contributed by atoms with Crippen LogP contribution in [0.4, 0.5) is 4.79 Å². The second-order valence-corrected chi connectivity index (χ2v) is 7.64. The Morgan fingerprint density at radius 1 is 0.963 bits per heavy atom. The van der Waals surface area contributed by atoms with E-state index in [4.69, 9.17) is 4.74 Å². The molecule has 1 saturated heterocycles. The van der Waals surface area contributed by atoms with Crippen LogP contribution in [-0.4, -0.2) is 35.1 Å². The number of hydrogen-bond donors (Lipinski definition) is 3. The minimum atomic E-state index is -1.27. The third-order valence-corrected chi connectivity index (χ3v) is 4.68. The van der Waals surface area contributed by atoms with Gasteiger partial charge in [0, 0.05) is 6.04 Å². The van der Waals surface area contributed by atoms with Gasteiger partial charge in [0.05, 0.1) is 12.1 Å². The van der Waals surface area contributed by atoms with E-state index in [0.717, 1.165) is 17.5 Å². The van der Waals surface area contributed by atoms with Crippen LogP contribution in [0.1, 0.15) is 31.4 Å². The van der Waals surface area contributed by atoms with Gasteiger partial charge in [0.25, 0.3) is 0 Å². The molecule has 0 bridgehead atoms. The molecule has 3 atom stereocenters. The number of hydrogen-bond acceptors (Lipinski definition) is 3. The molecule has 0 unspecified atom stereocenters. The summed E-state index contributed by atoms with van der Waals surface area (Å²) in [6.45, 7) is 3.25. The molecule has 3 rings (SSSR count). The molecule has 144 valence electrons. The Morgan fingerprint density at radius 2 is 1.52 bits per heavy atom. The lowest BCUT2D eigenvalue weighted by molar-refractivity contribution is -0.212. The Bertz CT molecular complexity index is 728. The third-order valence-electron chi connectivity index (χ3n) is 4.68. The van der Waals surface area contributed by atoms with Crippen molar-refractivity contribution in [1.82, 2.24) is 10.6 Å². The van der Waals surface area contributed by atoms with Crippen molar-refractivity contribution in [3.63, 3.8) is 0 Å². The van der Waals surface area contributed by atoms with Crippen molar-refractivity contribution in [2.45, 2.75) is 57.1 Å². The molecule has 2 aromatic rings. The fourth-order valence-corrected chi connectivity index (χ4v) is 3.58. The molecule has 1 aliphatic rings. The van der Waals surface area contributed by atoms with Gasteiger partial charge in [-0.25, -0.2) is 4.79 Å². The first kappa shape index (κ1) is 19.4. The van der Waals surface area contributed by atoms with Crippen molar-refractivity contribution in [3.05, 3.63) is 71.8 Å². The summed E-state index contributed by atoms with van der Waals surface area (Å²) in [6.07, 6.45) is 1.68. The minimum absolute atomic E-state index is 0.0690. The largest absolute Gasteiger partial charge is 0.366 e. The summed E-state index contributed by atoms with van der Waals surface area (Å²) >= 11 is 0. The second-order valence-electron chi connectivity index (χ2n) is 7.64. The molecule has 27 heavy (non-hydrogen) atoms. The maximum Gasteiger partial charge on any atom is 0.315 e. The van der Waals surface area contributed by atoms with E-state index in [1.165, 1.54) is 0 Å². The van der Waals surface area contributed by atoms with E-state index in [1.54, 1.807) is 13.8 Å². The van der Waals surface area contributed by atoms with Gasteiger partial charge < -0.3 is 20.5 Å². The van der Waals surface area contributed by atoms with Gasteiger partial charge in [-0.15, -0.1) is 0 Å². The highest BCUT2D eigenvalue weighted by atomic mass is 16.6. The third kappa shape index (κ3) is 6.08. The zero-order chi connectivity index (χ0) is 19.3. The molecule has 2 aromatic carbocycles. The molecular weight excluding hydrogens is 340 g/mol. The van der Waals surface area contributed by atoms with Gasteiger partial charge in [-0.1, -0.05) is 60.7 Å². The van der Waals surface area contributed by atoms with Crippen molar-refractivity contribution in [2.24, 2.45) is 0 Å². The van der Waals surface area contributed by atoms with Gasteiger partial charge >= 0.3 is 6.03 Å². The Morgan fingerprint density at radius 3 is 2.07 bits per heavy atom. The fourth-order valence-electron chi connectivity index (χ4n) is 3.58. The lowest BCUT2D eigenvalue weighted by Crippen LogP contribution is -2.48. The highest BCUT2D eigenvalue weighted by molar-refractivity contribution is 5.75. The molecule has 1 heterocycles. The van der Waals surface area contributed by atoms with Crippen molar-refractivity contribution < 1.29 is 14.6 Å². The van der Waals surface area contributed by atoms with Gasteiger partial charge in [-0.2, -0.15) is 0 Å². The average molecular weight is 368 g/mol. The molecule has 0 spiro atoms. The van der Waals surface area contributed by atoms with Crippen molar-refractivity contribution in [1.29, 1.82) is 0 Å². The lowest BCUT2D eigenvalue weighted by Gasteiger charge is -2.32. The van der Waals surface area contributed by atoms with Gasteiger partial charge in [-0.05, 0) is 44.2 Å². The molecular formula is C22H28N2O3. The first-order valence-electron chi connectivity index (χ1n) is 9.44. The number of carbonyl (C=O) groups is 1. The molecule has 0 radical (unpaired) electrons. The van der Waals surface area contributed by atoms with E-state index < -0.39 is 5.79 Å². The van der Waals surface area contributed by atoms with Crippen LogP contribution in [0.3, 0.4) is 0 Å². The van der Waals surface area contributed by atoms with Crippen LogP contribution in [0, 0.1) is 0 Å². The summed E-state index contributed by atoms with van der Waals surface area (Å²) in [7, 11) is 0. The van der Waals surface area contributed by atoms with E-state index >= 15 is 0 Å². The number of ether oxygens (including phenoxy) is 1. The first-order chi connectivity index (χ1) is 12.9. The zero-order valence-electron chi connectivity index (χ0n) is 15.9. The van der Waals surface area contributed by atoms with Gasteiger partial charge in [0.15, 0.2) is 5.79 Å². The summed E-state index contributed by atoms with van der Waals surface area (Å²) in [5.41, 5.74) is 2.28. The Kier molecular flexibility index (Phi) is 6.14. The number of carbonyl (C=O) groups excluding carboxylic acids is 1. The van der Waals surface area contributed by atoms with Gasteiger partial charge in [0.2, 0.25) is 0 Å². The summed E-state index contributed by atoms with van der Waals surface area (Å²) < 4.78 is 5.96. The van der Waals surface area contributed by atoms with E-state index in [2.05, 4.69) is 22.8 Å². The quantitative estimate of drug-likeness (QED) is 0.687. The normalized spacial score (nSPS) is 23.2. The second kappa shape index (κ2) is 8.55. The standard InChI is InChI=1S/C22H28N2O3/c1-22(2,26)27-20-15-18(13-16-9-5-3-6-10-16)23-21(25)24-19(20)14-17-11-7-4-8-12-17/h3-12,18-20,26H,13-15H2,1-2H3,(H2,23,24,25)/t18-,19-,20-/m1/s1. The molecule has 3 N–H and O–H groups in total. The fraction of sp³-hybridized carbons (Fsp3) is 0.409. The van der Waals surface area contributed by atoms with E-state index in [-0.39, 0.29) is 24.2 Å². The maximum atomic E-state index is 12.5. The van der Waals surface area contributed by atoms with Crippen LogP contribution >= 0.6 is 0 Å². The van der Waals surface area contributed by atoms with Crippen LogP contribution in [0.2, 0.25) is 0 Å². The molecule has 5 nitrogen and oxygen atoms in total. The summed E-state index contributed by atoms with van der Waals surface area (Å²) in [4.78, 5) is 12.5. The monoisotopic (exact) mass is 368 g/mol. The zero-order valence-corrected chi connectivity index (χ0v) is 15.9. The van der Waals surface area contributed by atoms with Crippen LogP contribution in [0.5, 0.6) is 0 Å². The number of nitrogens with one attached hydrogen (secondary N) is 2. The molecule has 0 aliphatic carbocycles. The minimum Gasteiger partial charge on any atom is -0.366 e. The SMILES string of the molecule is CC(C)(O)O[C@@H]1C[C@@H](Cc2ccccc2)NC(=O)N[C@@H]1Cc1ccccc1. The highest BCUT2D eigenvalue weighted by Crippen LogP contribution is 2.22. The molecule has 1 fully saturated rings. The Balaban J connectivity index is 1.79. The first-order valence-corrected chi connectivity index (χ1v) is 9.44. The smallest absolute Gasteiger partial charge is 0.315 e. The summed E-state index contributed by atoms with van der Waals surface area (Å²) in [5.74, 6) is -1.27. The van der Waals surface area contributed by atoms with Crippen LogP contribution in [0.25, 0.3) is 0 Å². The number of urea groups is 1. The number of amides is 2. The predicted octanol–water partition coefficient (Wildman–Crippen LogP) is 3.03. The van der Waals surface area contributed by atoms with E-state index in [1.807, 2.05) is 48.5 Å². The topological polar surface area (TPSA) is 70.6 Å². The number of aliphatic hydroxyl groups is 1. The number of benzene rings is 2. The van der Waals surface area contributed by atoms with Crippen molar-refractivity contribution in [2.75, 3.05) is 0 Å². The average Bonchev–Trinajstić information content (AvgIpc) is 2.74. The highest BCUT2D eigenvalue weighted by Gasteiger charge is 2.35. The van der Waals surface area contributed by atoms with Gasteiger partial charge in [-0.3, -0.25) is 0 Å². The van der Waals surface area contributed by atoms with E-state index in [0.29, 0.717) is 12.8 Å². The molecule has 5 heteroatoms. The Hall–Kier alpha value is -2.37. The molecule has 0 aromatic heterocycles.